The molecule has 0 saturated heterocycles. The number of aromatic nitrogens is 4. The Labute approximate surface area is 253 Å². The predicted octanol–water partition coefficient (Wildman–Crippen LogP) is 4.92. The molecule has 1 unspecified atom stereocenters. The molecule has 0 bridgehead atoms. The van der Waals surface area contributed by atoms with Crippen LogP contribution in [0.25, 0.3) is 18.1 Å². The van der Waals surface area contributed by atoms with Gasteiger partial charge in [0, 0.05) is 30.9 Å². The maximum atomic E-state index is 13.5. The quantitative estimate of drug-likeness (QED) is 0.291. The highest BCUT2D eigenvalue weighted by atomic mass is 16.6. The fourth-order valence-corrected chi connectivity index (χ4v) is 5.18. The summed E-state index contributed by atoms with van der Waals surface area (Å²) < 4.78 is 6.43. The number of carbonyl (C=O) groups excluding carboxylic acids is 1. The van der Waals surface area contributed by atoms with E-state index in [1.54, 1.807) is 20.8 Å². The van der Waals surface area contributed by atoms with Crippen molar-refractivity contribution in [2.24, 2.45) is 0 Å². The smallest absolute Gasteiger partial charge is 0.415 e. The van der Waals surface area contributed by atoms with Crippen LogP contribution in [0.3, 0.4) is 0 Å². The molecular formula is C33H33N5O6. The zero-order chi connectivity index (χ0) is 31.9. The third-order valence-electron chi connectivity index (χ3n) is 7.33. The van der Waals surface area contributed by atoms with Crippen LogP contribution in [-0.4, -0.2) is 49.3 Å². The number of aryl methyl sites for hydroxylation is 2. The van der Waals surface area contributed by atoms with Gasteiger partial charge in [0.2, 0.25) is 5.95 Å². The first-order chi connectivity index (χ1) is 20.8. The Morgan fingerprint density at radius 3 is 2.34 bits per heavy atom. The Bertz CT molecular complexity index is 1950. The van der Waals surface area contributed by atoms with E-state index < -0.39 is 34.8 Å². The Balaban J connectivity index is 1.71. The standard InChI is InChI=1S/C33H33N5O6/c1-7-19-9-13-23-21(15-19)11-10-20-14-18(2)8-12-22(20)26(23)25-17-38(31(42)36-28(25)39)30-34-16-24(29(40)41)27(35-30)37(6)32(43)44-33(3,4)5/h8-17,26H,7H2,1-6H3,(H,40,41)(H,36,39,42). The van der Waals surface area contributed by atoms with Gasteiger partial charge in [-0.1, -0.05) is 61.0 Å². The minimum absolute atomic E-state index is 0.236. The van der Waals surface area contributed by atoms with Crippen LogP contribution >= 0.6 is 0 Å². The van der Waals surface area contributed by atoms with E-state index in [4.69, 9.17) is 4.74 Å². The van der Waals surface area contributed by atoms with E-state index in [2.05, 4.69) is 27.9 Å². The lowest BCUT2D eigenvalue weighted by Gasteiger charge is -2.25. The molecule has 0 radical (unpaired) electrons. The molecule has 2 aromatic carbocycles. The number of anilines is 1. The van der Waals surface area contributed by atoms with Gasteiger partial charge in [0.15, 0.2) is 5.82 Å². The fraction of sp³-hybridized carbons (Fsp3) is 0.273. The second-order valence-corrected chi connectivity index (χ2v) is 11.7. The minimum atomic E-state index is -1.38. The van der Waals surface area contributed by atoms with E-state index in [0.29, 0.717) is 0 Å². The third-order valence-corrected chi connectivity index (χ3v) is 7.33. The van der Waals surface area contributed by atoms with E-state index >= 15 is 0 Å². The summed E-state index contributed by atoms with van der Waals surface area (Å²) in [4.78, 5) is 63.3. The molecule has 4 aromatic rings. The van der Waals surface area contributed by atoms with Gasteiger partial charge in [-0.25, -0.2) is 23.9 Å². The molecule has 0 aliphatic heterocycles. The lowest BCUT2D eigenvalue weighted by Crippen LogP contribution is -2.36. The van der Waals surface area contributed by atoms with Gasteiger partial charge in [-0.2, -0.15) is 4.98 Å². The fourth-order valence-electron chi connectivity index (χ4n) is 5.18. The molecule has 11 heteroatoms. The Morgan fingerprint density at radius 1 is 1.05 bits per heavy atom. The van der Waals surface area contributed by atoms with Crippen molar-refractivity contribution in [3.63, 3.8) is 0 Å². The molecular weight excluding hydrogens is 562 g/mol. The maximum Gasteiger partial charge on any atom is 0.415 e. The van der Waals surface area contributed by atoms with Crippen LogP contribution in [0.2, 0.25) is 0 Å². The van der Waals surface area contributed by atoms with Crippen molar-refractivity contribution < 1.29 is 19.4 Å². The van der Waals surface area contributed by atoms with E-state index in [-0.39, 0.29) is 22.9 Å². The molecule has 2 N–H and O–H groups in total. The Kier molecular flexibility index (Phi) is 7.81. The lowest BCUT2D eigenvalue weighted by atomic mass is 9.82. The highest BCUT2D eigenvalue weighted by Crippen LogP contribution is 2.38. The van der Waals surface area contributed by atoms with Crippen LogP contribution in [0.5, 0.6) is 0 Å². The SMILES string of the molecule is CCc1ccc2c(c1)C=Cc1cc(C)ccc1C2c1cn(-c2ncc(C(=O)O)c(N(C)C(=O)OC(C)(C)C)n2)c(=O)[nH]c1=O. The van der Waals surface area contributed by atoms with Gasteiger partial charge in [-0.05, 0) is 61.9 Å². The van der Waals surface area contributed by atoms with Crippen molar-refractivity contribution in [2.75, 3.05) is 11.9 Å². The second-order valence-electron chi connectivity index (χ2n) is 11.7. The number of carboxylic acid groups (broad SMARTS) is 1. The number of hydrogen-bond acceptors (Lipinski definition) is 7. The van der Waals surface area contributed by atoms with E-state index in [1.807, 2.05) is 49.4 Å². The first-order valence-corrected chi connectivity index (χ1v) is 14.1. The largest absolute Gasteiger partial charge is 0.477 e. The van der Waals surface area contributed by atoms with Crippen molar-refractivity contribution in [3.8, 4) is 5.95 Å². The molecule has 1 amide bonds. The van der Waals surface area contributed by atoms with Crippen LogP contribution in [0.1, 0.15) is 82.9 Å². The molecule has 226 valence electrons. The van der Waals surface area contributed by atoms with Crippen LogP contribution in [0, 0.1) is 6.92 Å². The summed E-state index contributed by atoms with van der Waals surface area (Å²) >= 11 is 0. The monoisotopic (exact) mass is 595 g/mol. The van der Waals surface area contributed by atoms with Gasteiger partial charge in [0.25, 0.3) is 5.56 Å². The van der Waals surface area contributed by atoms with Gasteiger partial charge < -0.3 is 9.84 Å². The van der Waals surface area contributed by atoms with Crippen molar-refractivity contribution in [1.29, 1.82) is 0 Å². The van der Waals surface area contributed by atoms with Crippen LogP contribution in [-0.2, 0) is 11.2 Å². The second kappa shape index (κ2) is 11.4. The van der Waals surface area contributed by atoms with Gasteiger partial charge in [0.05, 0.1) is 0 Å². The topological polar surface area (TPSA) is 147 Å². The van der Waals surface area contributed by atoms with Crippen molar-refractivity contribution in [2.45, 2.75) is 52.6 Å². The number of carbonyl (C=O) groups is 2. The molecule has 11 nitrogen and oxygen atoms in total. The summed E-state index contributed by atoms with van der Waals surface area (Å²) in [5, 5.41) is 9.78. The molecule has 2 heterocycles. The number of fused-ring (bicyclic) bond motifs is 2. The highest BCUT2D eigenvalue weighted by molar-refractivity contribution is 5.98. The molecule has 0 fully saturated rings. The number of amides is 1. The average molecular weight is 596 g/mol. The summed E-state index contributed by atoms with van der Waals surface area (Å²) in [7, 11) is 1.31. The maximum absolute atomic E-state index is 13.5. The number of nitrogens with zero attached hydrogens (tertiary/aromatic N) is 4. The van der Waals surface area contributed by atoms with Crippen LogP contribution < -0.4 is 16.1 Å². The Morgan fingerprint density at radius 2 is 1.70 bits per heavy atom. The number of hydrogen-bond donors (Lipinski definition) is 2. The summed E-state index contributed by atoms with van der Waals surface area (Å²) in [5.41, 5.74) is 3.45. The van der Waals surface area contributed by atoms with Crippen LogP contribution in [0.15, 0.2) is 58.4 Å². The Hall–Kier alpha value is -5.32. The van der Waals surface area contributed by atoms with E-state index in [9.17, 15) is 24.3 Å². The summed E-state index contributed by atoms with van der Waals surface area (Å²) in [6.07, 6.45) is 6.44. The molecule has 0 spiro atoms. The molecule has 1 aliphatic rings. The summed E-state index contributed by atoms with van der Waals surface area (Å²) in [6.45, 7) is 9.09. The number of benzene rings is 2. The average Bonchev–Trinajstić information content (AvgIpc) is 3.11. The predicted molar refractivity (Wildman–Crippen MR) is 167 cm³/mol. The van der Waals surface area contributed by atoms with Crippen molar-refractivity contribution >= 4 is 30.0 Å². The molecule has 0 saturated carbocycles. The lowest BCUT2D eigenvalue weighted by molar-refractivity contribution is 0.0588. The number of rotatable bonds is 5. The summed E-state index contributed by atoms with van der Waals surface area (Å²) in [5.74, 6) is -2.45. The number of carboxylic acids is 1. The molecule has 1 atom stereocenters. The number of H-pyrrole nitrogens is 1. The molecule has 1 aliphatic carbocycles. The first-order valence-electron chi connectivity index (χ1n) is 14.1. The van der Waals surface area contributed by atoms with Gasteiger partial charge in [-0.3, -0.25) is 14.7 Å². The third kappa shape index (κ3) is 5.81. The van der Waals surface area contributed by atoms with Gasteiger partial charge in [-0.15, -0.1) is 0 Å². The minimum Gasteiger partial charge on any atom is -0.477 e. The number of ether oxygens (including phenoxy) is 1. The normalized spacial score (nSPS) is 13.9. The highest BCUT2D eigenvalue weighted by Gasteiger charge is 2.29. The first kappa shape index (κ1) is 30.1. The zero-order valence-corrected chi connectivity index (χ0v) is 25.3. The zero-order valence-electron chi connectivity index (χ0n) is 25.3. The number of aromatic amines is 1. The molecule has 2 aromatic heterocycles. The van der Waals surface area contributed by atoms with E-state index in [1.165, 1.54) is 13.2 Å². The van der Waals surface area contributed by atoms with E-state index in [0.717, 1.165) is 55.5 Å². The van der Waals surface area contributed by atoms with Crippen molar-refractivity contribution in [1.82, 2.24) is 19.5 Å². The van der Waals surface area contributed by atoms with Crippen molar-refractivity contribution in [3.05, 3.63) is 114 Å². The number of aromatic carboxylic acids is 1. The molecule has 44 heavy (non-hydrogen) atoms. The summed E-state index contributed by atoms with van der Waals surface area (Å²) in [6, 6.07) is 12.1. The van der Waals surface area contributed by atoms with Gasteiger partial charge >= 0.3 is 17.8 Å². The molecule has 5 rings (SSSR count). The van der Waals surface area contributed by atoms with Crippen LogP contribution in [0.4, 0.5) is 10.6 Å². The number of nitrogens with one attached hydrogen (secondary N) is 1. The van der Waals surface area contributed by atoms with Gasteiger partial charge in [0.1, 0.15) is 11.2 Å².